The minimum Gasteiger partial charge on any atom is -0.343 e. The molecule has 0 aromatic heterocycles. The summed E-state index contributed by atoms with van der Waals surface area (Å²) in [5.41, 5.74) is 0.558. The maximum absolute atomic E-state index is 12.1. The van der Waals surface area contributed by atoms with Gasteiger partial charge in [0, 0.05) is 32.6 Å². The third-order valence-corrected chi connectivity index (χ3v) is 5.06. The largest absolute Gasteiger partial charge is 0.343 e. The Morgan fingerprint density at radius 3 is 2.40 bits per heavy atom. The predicted octanol–water partition coefficient (Wildman–Crippen LogP) is 3.15. The predicted molar refractivity (Wildman–Crippen MR) is 83.7 cm³/mol. The van der Waals surface area contributed by atoms with Crippen LogP contribution in [0.5, 0.6) is 0 Å². The molecular formula is C17H32N2O. The van der Waals surface area contributed by atoms with E-state index in [0.29, 0.717) is 17.2 Å². The number of nitrogens with zero attached hydrogens (tertiary/aromatic N) is 2. The van der Waals surface area contributed by atoms with E-state index in [2.05, 4.69) is 30.6 Å². The number of hydrogen-bond donors (Lipinski definition) is 0. The first-order valence-corrected chi connectivity index (χ1v) is 8.55. The zero-order valence-corrected chi connectivity index (χ0v) is 13.7. The molecule has 2 saturated heterocycles. The Morgan fingerprint density at radius 1 is 1.20 bits per heavy atom. The topological polar surface area (TPSA) is 23.6 Å². The summed E-state index contributed by atoms with van der Waals surface area (Å²) in [5.74, 6) is 1.02. The van der Waals surface area contributed by atoms with Crippen LogP contribution in [0.4, 0.5) is 0 Å². The van der Waals surface area contributed by atoms with Gasteiger partial charge in [-0.05, 0) is 43.6 Å². The first kappa shape index (κ1) is 15.8. The number of rotatable bonds is 6. The van der Waals surface area contributed by atoms with E-state index in [1.807, 2.05) is 0 Å². The van der Waals surface area contributed by atoms with Crippen molar-refractivity contribution in [1.82, 2.24) is 9.80 Å². The van der Waals surface area contributed by atoms with E-state index in [1.54, 1.807) is 0 Å². The van der Waals surface area contributed by atoms with Crippen LogP contribution in [0, 0.1) is 11.3 Å². The van der Waals surface area contributed by atoms with Crippen LogP contribution in [0.3, 0.4) is 0 Å². The van der Waals surface area contributed by atoms with Crippen molar-refractivity contribution in [3.8, 4) is 0 Å². The number of carbonyl (C=O) groups excluding carboxylic acids is 1. The van der Waals surface area contributed by atoms with E-state index in [4.69, 9.17) is 0 Å². The van der Waals surface area contributed by atoms with Crippen LogP contribution in [-0.4, -0.2) is 48.4 Å². The lowest BCUT2D eigenvalue weighted by Crippen LogP contribution is -2.60. The van der Waals surface area contributed by atoms with Gasteiger partial charge in [-0.1, -0.05) is 27.2 Å². The van der Waals surface area contributed by atoms with Crippen LogP contribution in [0.2, 0.25) is 0 Å². The third kappa shape index (κ3) is 3.97. The van der Waals surface area contributed by atoms with Gasteiger partial charge in [-0.2, -0.15) is 0 Å². The van der Waals surface area contributed by atoms with Crippen molar-refractivity contribution in [2.45, 2.75) is 59.3 Å². The maximum atomic E-state index is 12.1. The summed E-state index contributed by atoms with van der Waals surface area (Å²) in [6.07, 6.45) is 6.85. The molecule has 0 unspecified atom stereocenters. The van der Waals surface area contributed by atoms with E-state index in [-0.39, 0.29) is 0 Å². The quantitative estimate of drug-likeness (QED) is 0.746. The standard InChI is InChI=1S/C17H32N2O/c1-4-5-10-18-13-17(14-18)8-11-19(12-9-17)16(20)7-6-15(2)3/h15H,4-14H2,1-3H3. The number of unbranched alkanes of at least 4 members (excludes halogenated alkanes) is 1. The number of likely N-dealkylation sites (tertiary alicyclic amines) is 2. The molecule has 2 fully saturated rings. The molecule has 2 aliphatic heterocycles. The Balaban J connectivity index is 1.67. The zero-order valence-electron chi connectivity index (χ0n) is 13.7. The fourth-order valence-electron chi connectivity index (χ4n) is 3.56. The Hall–Kier alpha value is -0.570. The summed E-state index contributed by atoms with van der Waals surface area (Å²) >= 11 is 0. The number of carbonyl (C=O) groups is 1. The number of piperidine rings is 1. The highest BCUT2D eigenvalue weighted by molar-refractivity contribution is 5.76. The molecule has 1 amide bonds. The molecule has 3 nitrogen and oxygen atoms in total. The Bertz CT molecular complexity index is 311. The molecule has 0 radical (unpaired) electrons. The minimum absolute atomic E-state index is 0.385. The number of amides is 1. The van der Waals surface area contributed by atoms with E-state index >= 15 is 0 Å². The van der Waals surface area contributed by atoms with Crippen LogP contribution >= 0.6 is 0 Å². The summed E-state index contributed by atoms with van der Waals surface area (Å²) in [6, 6.07) is 0. The summed E-state index contributed by atoms with van der Waals surface area (Å²) in [5, 5.41) is 0. The molecule has 0 bridgehead atoms. The summed E-state index contributed by atoms with van der Waals surface area (Å²) < 4.78 is 0. The van der Waals surface area contributed by atoms with Crippen molar-refractivity contribution < 1.29 is 4.79 Å². The summed E-state index contributed by atoms with van der Waals surface area (Å²) in [7, 11) is 0. The lowest BCUT2D eigenvalue weighted by molar-refractivity contribution is -0.136. The van der Waals surface area contributed by atoms with Crippen molar-refractivity contribution in [1.29, 1.82) is 0 Å². The average Bonchev–Trinajstić information content (AvgIpc) is 2.40. The molecule has 0 aromatic carbocycles. The molecule has 0 aliphatic carbocycles. The van der Waals surface area contributed by atoms with E-state index < -0.39 is 0 Å². The smallest absolute Gasteiger partial charge is 0.222 e. The average molecular weight is 280 g/mol. The normalized spacial score (nSPS) is 22.3. The SMILES string of the molecule is CCCCN1CC2(CCN(C(=O)CCC(C)C)CC2)C1. The van der Waals surface area contributed by atoms with Gasteiger partial charge in [-0.3, -0.25) is 4.79 Å². The van der Waals surface area contributed by atoms with Gasteiger partial charge in [-0.25, -0.2) is 0 Å². The van der Waals surface area contributed by atoms with Crippen molar-refractivity contribution in [3.05, 3.63) is 0 Å². The van der Waals surface area contributed by atoms with Crippen molar-refractivity contribution in [2.24, 2.45) is 11.3 Å². The van der Waals surface area contributed by atoms with Crippen molar-refractivity contribution in [2.75, 3.05) is 32.7 Å². The summed E-state index contributed by atoms with van der Waals surface area (Å²) in [6.45, 7) is 12.5. The van der Waals surface area contributed by atoms with Gasteiger partial charge in [0.15, 0.2) is 0 Å². The van der Waals surface area contributed by atoms with E-state index in [1.165, 1.54) is 45.3 Å². The zero-order chi connectivity index (χ0) is 14.6. The highest BCUT2D eigenvalue weighted by Gasteiger charge is 2.44. The Labute approximate surface area is 124 Å². The van der Waals surface area contributed by atoms with Gasteiger partial charge in [0.1, 0.15) is 0 Å². The van der Waals surface area contributed by atoms with E-state index in [9.17, 15) is 4.79 Å². The first-order valence-electron chi connectivity index (χ1n) is 8.55. The van der Waals surface area contributed by atoms with Gasteiger partial charge in [-0.15, -0.1) is 0 Å². The molecular weight excluding hydrogens is 248 g/mol. The highest BCUT2D eigenvalue weighted by Crippen LogP contribution is 2.40. The molecule has 3 heteroatoms. The molecule has 0 N–H and O–H groups in total. The highest BCUT2D eigenvalue weighted by atomic mass is 16.2. The lowest BCUT2D eigenvalue weighted by atomic mass is 9.72. The Morgan fingerprint density at radius 2 is 1.85 bits per heavy atom. The molecule has 0 aromatic rings. The van der Waals surface area contributed by atoms with Crippen molar-refractivity contribution >= 4 is 5.91 Å². The molecule has 20 heavy (non-hydrogen) atoms. The second-order valence-electron chi connectivity index (χ2n) is 7.38. The van der Waals surface area contributed by atoms with Crippen molar-refractivity contribution in [3.63, 3.8) is 0 Å². The van der Waals surface area contributed by atoms with Gasteiger partial charge in [0.05, 0.1) is 0 Å². The van der Waals surface area contributed by atoms with Gasteiger partial charge >= 0.3 is 0 Å². The summed E-state index contributed by atoms with van der Waals surface area (Å²) in [4.78, 5) is 16.9. The molecule has 116 valence electrons. The molecule has 2 aliphatic rings. The fraction of sp³-hybridized carbons (Fsp3) is 0.941. The lowest BCUT2D eigenvalue weighted by Gasteiger charge is -2.54. The van der Waals surface area contributed by atoms with Crippen LogP contribution < -0.4 is 0 Å². The van der Waals surface area contributed by atoms with Crippen LogP contribution in [-0.2, 0) is 4.79 Å². The molecule has 1 spiro atoms. The van der Waals surface area contributed by atoms with Gasteiger partial charge < -0.3 is 9.80 Å². The fourth-order valence-corrected chi connectivity index (χ4v) is 3.56. The van der Waals surface area contributed by atoms with Crippen LogP contribution in [0.1, 0.15) is 59.3 Å². The van der Waals surface area contributed by atoms with Crippen LogP contribution in [0.15, 0.2) is 0 Å². The first-order chi connectivity index (χ1) is 9.54. The van der Waals surface area contributed by atoms with Crippen LogP contribution in [0.25, 0.3) is 0 Å². The maximum Gasteiger partial charge on any atom is 0.222 e. The monoisotopic (exact) mass is 280 g/mol. The minimum atomic E-state index is 0.385. The third-order valence-electron chi connectivity index (χ3n) is 5.06. The second kappa shape index (κ2) is 6.93. The van der Waals surface area contributed by atoms with Gasteiger partial charge in [0.25, 0.3) is 0 Å². The van der Waals surface area contributed by atoms with Gasteiger partial charge in [0.2, 0.25) is 5.91 Å². The second-order valence-corrected chi connectivity index (χ2v) is 7.38. The Kier molecular flexibility index (Phi) is 5.48. The molecule has 2 heterocycles. The van der Waals surface area contributed by atoms with E-state index in [0.717, 1.165) is 25.9 Å². The molecule has 2 rings (SSSR count). The number of hydrogen-bond acceptors (Lipinski definition) is 2. The molecule has 0 saturated carbocycles. The molecule has 0 atom stereocenters.